The van der Waals surface area contributed by atoms with E-state index in [0.717, 1.165) is 18.2 Å². The summed E-state index contributed by atoms with van der Waals surface area (Å²) in [6, 6.07) is 2.95. The highest BCUT2D eigenvalue weighted by molar-refractivity contribution is 5.46. The largest absolute Gasteiger partial charge is 0.474 e. The van der Waals surface area contributed by atoms with Gasteiger partial charge < -0.3 is 14.0 Å². The monoisotopic (exact) mass is 297 g/mol. The van der Waals surface area contributed by atoms with Crippen LogP contribution in [0.15, 0.2) is 22.7 Å². The number of hydrogen-bond acceptors (Lipinski definition) is 7. The summed E-state index contributed by atoms with van der Waals surface area (Å²) in [5.74, 6) is -0.426. The topological polar surface area (TPSA) is 101 Å². The number of benzene rings is 1. The van der Waals surface area contributed by atoms with E-state index < -0.39 is 16.8 Å². The first kappa shape index (κ1) is 14.9. The minimum absolute atomic E-state index is 0.112. The summed E-state index contributed by atoms with van der Waals surface area (Å²) in [6.07, 6.45) is -0.774. The van der Waals surface area contributed by atoms with E-state index >= 15 is 0 Å². The first-order chi connectivity index (χ1) is 10.0. The fourth-order valence-electron chi connectivity index (χ4n) is 1.59. The Morgan fingerprint density at radius 1 is 1.52 bits per heavy atom. The Labute approximate surface area is 118 Å². The Bertz CT molecular complexity index is 646. The molecule has 0 saturated carbocycles. The molecule has 0 aliphatic carbocycles. The minimum atomic E-state index is -0.774. The molecule has 0 unspecified atom stereocenters. The SMILES string of the molecule is COCc1noc([C@@H](C)Oc2cc(F)ccc2[N+](=O)[O-])n1. The van der Waals surface area contributed by atoms with E-state index in [1.807, 2.05) is 0 Å². The highest BCUT2D eigenvalue weighted by atomic mass is 19.1. The normalized spacial score (nSPS) is 12.1. The van der Waals surface area contributed by atoms with Crippen molar-refractivity contribution >= 4 is 5.69 Å². The molecule has 0 amide bonds. The van der Waals surface area contributed by atoms with Gasteiger partial charge in [0, 0.05) is 19.2 Å². The molecule has 112 valence electrons. The summed E-state index contributed by atoms with van der Waals surface area (Å²) in [5, 5.41) is 14.5. The fraction of sp³-hybridized carbons (Fsp3) is 0.333. The van der Waals surface area contributed by atoms with Crippen molar-refractivity contribution in [1.29, 1.82) is 0 Å². The van der Waals surface area contributed by atoms with Gasteiger partial charge in [0.1, 0.15) is 12.4 Å². The zero-order chi connectivity index (χ0) is 15.4. The molecule has 9 heteroatoms. The minimum Gasteiger partial charge on any atom is -0.474 e. The Kier molecular flexibility index (Phi) is 4.43. The van der Waals surface area contributed by atoms with Crippen LogP contribution < -0.4 is 4.74 Å². The lowest BCUT2D eigenvalue weighted by Gasteiger charge is -2.10. The van der Waals surface area contributed by atoms with Crippen molar-refractivity contribution in [1.82, 2.24) is 10.1 Å². The van der Waals surface area contributed by atoms with Gasteiger partial charge in [-0.2, -0.15) is 4.98 Å². The number of hydrogen-bond donors (Lipinski definition) is 0. The Morgan fingerprint density at radius 3 is 2.95 bits per heavy atom. The lowest BCUT2D eigenvalue weighted by molar-refractivity contribution is -0.386. The maximum atomic E-state index is 13.2. The molecule has 0 aliphatic heterocycles. The van der Waals surface area contributed by atoms with Crippen molar-refractivity contribution in [2.24, 2.45) is 0 Å². The smallest absolute Gasteiger partial charge is 0.311 e. The second-order valence-electron chi connectivity index (χ2n) is 4.11. The number of methoxy groups -OCH3 is 1. The number of nitrogens with zero attached hydrogens (tertiary/aromatic N) is 3. The molecule has 0 fully saturated rings. The van der Waals surface area contributed by atoms with Crippen molar-refractivity contribution in [2.45, 2.75) is 19.6 Å². The molecular formula is C12H12FN3O5. The third kappa shape index (κ3) is 3.51. The van der Waals surface area contributed by atoms with Crippen LogP contribution in [0.4, 0.5) is 10.1 Å². The van der Waals surface area contributed by atoms with Gasteiger partial charge in [-0.05, 0) is 13.0 Å². The molecule has 1 aromatic heterocycles. The van der Waals surface area contributed by atoms with Crippen LogP contribution in [0.3, 0.4) is 0 Å². The molecule has 0 saturated heterocycles. The quantitative estimate of drug-likeness (QED) is 0.596. The highest BCUT2D eigenvalue weighted by Crippen LogP contribution is 2.31. The van der Waals surface area contributed by atoms with Crippen molar-refractivity contribution in [2.75, 3.05) is 7.11 Å². The predicted molar refractivity (Wildman–Crippen MR) is 67.1 cm³/mol. The van der Waals surface area contributed by atoms with Gasteiger partial charge >= 0.3 is 5.69 Å². The highest BCUT2D eigenvalue weighted by Gasteiger charge is 2.22. The van der Waals surface area contributed by atoms with Gasteiger partial charge in [0.05, 0.1) is 4.92 Å². The van der Waals surface area contributed by atoms with Crippen LogP contribution in [0, 0.1) is 15.9 Å². The molecule has 1 atom stereocenters. The van der Waals surface area contributed by atoms with Crippen molar-refractivity contribution in [3.8, 4) is 5.75 Å². The molecule has 2 aromatic rings. The van der Waals surface area contributed by atoms with E-state index in [1.165, 1.54) is 7.11 Å². The van der Waals surface area contributed by atoms with Crippen LogP contribution in [0.2, 0.25) is 0 Å². The Morgan fingerprint density at radius 2 is 2.29 bits per heavy atom. The summed E-state index contributed by atoms with van der Waals surface area (Å²) < 4.78 is 28.3. The van der Waals surface area contributed by atoms with Gasteiger partial charge in [-0.3, -0.25) is 10.1 Å². The molecule has 1 aromatic carbocycles. The Hall–Kier alpha value is -2.55. The number of rotatable bonds is 6. The van der Waals surface area contributed by atoms with Gasteiger partial charge in [-0.15, -0.1) is 0 Å². The van der Waals surface area contributed by atoms with E-state index in [-0.39, 0.29) is 23.9 Å². The molecule has 0 bridgehead atoms. The van der Waals surface area contributed by atoms with Crippen molar-refractivity contribution in [3.63, 3.8) is 0 Å². The summed E-state index contributed by atoms with van der Waals surface area (Å²) in [4.78, 5) is 14.2. The number of aromatic nitrogens is 2. The molecule has 0 aliphatic rings. The van der Waals surface area contributed by atoms with E-state index in [1.54, 1.807) is 6.92 Å². The summed E-state index contributed by atoms with van der Waals surface area (Å²) in [5.41, 5.74) is -0.347. The van der Waals surface area contributed by atoms with Crippen LogP contribution in [-0.4, -0.2) is 22.2 Å². The van der Waals surface area contributed by atoms with E-state index in [9.17, 15) is 14.5 Å². The fourth-order valence-corrected chi connectivity index (χ4v) is 1.59. The zero-order valence-corrected chi connectivity index (χ0v) is 11.3. The standard InChI is InChI=1S/C12H12FN3O5/c1-7(12-14-11(6-19-2)15-21-12)20-10-5-8(13)3-4-9(10)16(17)18/h3-5,7H,6H2,1-2H3/t7-/m1/s1. The molecule has 8 nitrogen and oxygen atoms in total. The number of ether oxygens (including phenoxy) is 2. The predicted octanol–water partition coefficient (Wildman–Crippen LogP) is 2.40. The summed E-state index contributed by atoms with van der Waals surface area (Å²) >= 11 is 0. The van der Waals surface area contributed by atoms with Crippen LogP contribution in [0.1, 0.15) is 24.7 Å². The van der Waals surface area contributed by atoms with Gasteiger partial charge in [0.2, 0.25) is 5.75 Å². The number of nitro benzene ring substituents is 1. The molecular weight excluding hydrogens is 285 g/mol. The van der Waals surface area contributed by atoms with Crippen LogP contribution in [-0.2, 0) is 11.3 Å². The summed E-state index contributed by atoms with van der Waals surface area (Å²) in [7, 11) is 1.48. The summed E-state index contributed by atoms with van der Waals surface area (Å²) in [6.45, 7) is 1.72. The van der Waals surface area contributed by atoms with Gasteiger partial charge in [0.15, 0.2) is 11.9 Å². The van der Waals surface area contributed by atoms with E-state index in [4.69, 9.17) is 14.0 Å². The van der Waals surface area contributed by atoms with Crippen LogP contribution in [0.25, 0.3) is 0 Å². The second-order valence-corrected chi connectivity index (χ2v) is 4.11. The molecule has 1 heterocycles. The van der Waals surface area contributed by atoms with E-state index in [0.29, 0.717) is 5.82 Å². The van der Waals surface area contributed by atoms with Gasteiger partial charge in [-0.25, -0.2) is 4.39 Å². The maximum absolute atomic E-state index is 13.2. The molecule has 2 rings (SSSR count). The number of nitro groups is 1. The van der Waals surface area contributed by atoms with Crippen molar-refractivity contribution in [3.05, 3.63) is 45.8 Å². The lowest BCUT2D eigenvalue weighted by Crippen LogP contribution is -2.06. The first-order valence-electron chi connectivity index (χ1n) is 5.93. The molecule has 21 heavy (non-hydrogen) atoms. The molecule has 0 radical (unpaired) electrons. The third-order valence-corrected chi connectivity index (χ3v) is 2.53. The van der Waals surface area contributed by atoms with Crippen LogP contribution >= 0.6 is 0 Å². The maximum Gasteiger partial charge on any atom is 0.311 e. The van der Waals surface area contributed by atoms with Crippen molar-refractivity contribution < 1.29 is 23.3 Å². The number of halogens is 1. The molecule has 0 N–H and O–H groups in total. The molecule has 0 spiro atoms. The van der Waals surface area contributed by atoms with Gasteiger partial charge in [0.25, 0.3) is 5.89 Å². The first-order valence-corrected chi connectivity index (χ1v) is 5.93. The van der Waals surface area contributed by atoms with E-state index in [2.05, 4.69) is 10.1 Å². The lowest BCUT2D eigenvalue weighted by atomic mass is 10.3. The van der Waals surface area contributed by atoms with Crippen LogP contribution in [0.5, 0.6) is 5.75 Å². The third-order valence-electron chi connectivity index (χ3n) is 2.53. The van der Waals surface area contributed by atoms with Gasteiger partial charge in [-0.1, -0.05) is 5.16 Å². The Balaban J connectivity index is 2.20. The average molecular weight is 297 g/mol. The average Bonchev–Trinajstić information content (AvgIpc) is 2.87. The second kappa shape index (κ2) is 6.27. The zero-order valence-electron chi connectivity index (χ0n) is 11.3.